The monoisotopic (exact) mass is 367 g/mol. The lowest BCUT2D eigenvalue weighted by Crippen LogP contribution is -2.42. The number of likely N-dealkylation sites (tertiary alicyclic amines) is 1. The third kappa shape index (κ3) is 5.55. The average molecular weight is 367 g/mol. The van der Waals surface area contributed by atoms with Crippen molar-refractivity contribution < 1.29 is 9.90 Å². The molecule has 0 aliphatic carbocycles. The number of aryl methyl sites for hydroxylation is 1. The van der Waals surface area contributed by atoms with Gasteiger partial charge in [-0.05, 0) is 61.1 Å². The van der Waals surface area contributed by atoms with Crippen molar-refractivity contribution in [1.29, 1.82) is 0 Å². The van der Waals surface area contributed by atoms with Crippen LogP contribution in [-0.2, 0) is 0 Å². The molecule has 1 fully saturated rings. The quantitative estimate of drug-likeness (QED) is 0.732. The second-order valence-electron chi connectivity index (χ2n) is 7.26. The first-order valence-corrected chi connectivity index (χ1v) is 9.70. The number of nitrogens with zero attached hydrogens (tertiary/aromatic N) is 1. The summed E-state index contributed by atoms with van der Waals surface area (Å²) >= 11 is 0. The summed E-state index contributed by atoms with van der Waals surface area (Å²) in [7, 11) is 0. The molecule has 144 valence electrons. The van der Waals surface area contributed by atoms with Gasteiger partial charge >= 0.3 is 6.03 Å². The molecule has 5 heteroatoms. The highest BCUT2D eigenvalue weighted by Gasteiger charge is 2.18. The maximum Gasteiger partial charge on any atom is 0.319 e. The Bertz CT molecular complexity index is 745. The van der Waals surface area contributed by atoms with Crippen LogP contribution in [-0.4, -0.2) is 48.8 Å². The minimum Gasteiger partial charge on any atom is -0.396 e. The van der Waals surface area contributed by atoms with E-state index >= 15 is 0 Å². The van der Waals surface area contributed by atoms with E-state index in [9.17, 15) is 9.90 Å². The Hall–Kier alpha value is -2.37. The number of carbonyl (C=O) groups excluding carboxylic acids is 1. The maximum atomic E-state index is 12.1. The number of amides is 2. The number of nitrogens with one attached hydrogen (secondary N) is 2. The molecule has 1 saturated heterocycles. The van der Waals surface area contributed by atoms with Crippen LogP contribution in [0, 0.1) is 12.8 Å². The lowest BCUT2D eigenvalue weighted by atomic mass is 9.99. The molecule has 0 spiro atoms. The summed E-state index contributed by atoms with van der Waals surface area (Å²) in [4.78, 5) is 14.4. The molecule has 1 aliphatic heterocycles. The van der Waals surface area contributed by atoms with E-state index in [1.807, 2.05) is 36.4 Å². The second kappa shape index (κ2) is 9.53. The van der Waals surface area contributed by atoms with Gasteiger partial charge < -0.3 is 20.6 Å². The van der Waals surface area contributed by atoms with E-state index in [1.54, 1.807) is 0 Å². The van der Waals surface area contributed by atoms with Gasteiger partial charge in [-0.2, -0.15) is 0 Å². The van der Waals surface area contributed by atoms with E-state index in [2.05, 4.69) is 34.6 Å². The van der Waals surface area contributed by atoms with Crippen LogP contribution in [0.15, 0.2) is 48.5 Å². The minimum atomic E-state index is -0.186. The van der Waals surface area contributed by atoms with Crippen molar-refractivity contribution in [3.63, 3.8) is 0 Å². The molecule has 0 bridgehead atoms. The smallest absolute Gasteiger partial charge is 0.319 e. The molecule has 3 N–H and O–H groups in total. The van der Waals surface area contributed by atoms with Gasteiger partial charge in [0.25, 0.3) is 0 Å². The zero-order chi connectivity index (χ0) is 19.1. The molecule has 0 unspecified atom stereocenters. The van der Waals surface area contributed by atoms with E-state index in [4.69, 9.17) is 0 Å². The number of urea groups is 1. The standard InChI is InChI=1S/C22H29N3O2/c1-17-5-2-3-7-21(17)19-8-10-20(11-9-19)24-22(27)23-12-14-25-13-4-6-18(15-25)16-26/h2-3,5,7-11,18,26H,4,6,12-16H2,1H3,(H2,23,24,27)/t18-/m0/s1. The van der Waals surface area contributed by atoms with Gasteiger partial charge in [-0.3, -0.25) is 0 Å². The first-order chi connectivity index (χ1) is 13.2. The summed E-state index contributed by atoms with van der Waals surface area (Å²) in [5.74, 6) is 0.374. The van der Waals surface area contributed by atoms with E-state index in [0.29, 0.717) is 12.5 Å². The maximum absolute atomic E-state index is 12.1. The second-order valence-corrected chi connectivity index (χ2v) is 7.26. The van der Waals surface area contributed by atoms with Crippen molar-refractivity contribution in [1.82, 2.24) is 10.2 Å². The molecule has 1 heterocycles. The topological polar surface area (TPSA) is 64.6 Å². The highest BCUT2D eigenvalue weighted by Crippen LogP contribution is 2.24. The van der Waals surface area contributed by atoms with Crippen LogP contribution < -0.4 is 10.6 Å². The van der Waals surface area contributed by atoms with Gasteiger partial charge in [0, 0.05) is 31.9 Å². The average Bonchev–Trinajstić information content (AvgIpc) is 2.69. The summed E-state index contributed by atoms with van der Waals surface area (Å²) in [5.41, 5.74) is 4.36. The normalized spacial score (nSPS) is 17.5. The minimum absolute atomic E-state index is 0.186. The molecular weight excluding hydrogens is 338 g/mol. The molecule has 0 aromatic heterocycles. The Kier molecular flexibility index (Phi) is 6.85. The number of hydrogen-bond acceptors (Lipinski definition) is 3. The summed E-state index contributed by atoms with van der Waals surface area (Å²) in [6.45, 7) is 5.73. The molecule has 2 amide bonds. The molecule has 5 nitrogen and oxygen atoms in total. The van der Waals surface area contributed by atoms with Gasteiger partial charge in [-0.1, -0.05) is 36.4 Å². The molecule has 2 aromatic rings. The number of piperidine rings is 1. The third-order valence-electron chi connectivity index (χ3n) is 5.17. The Morgan fingerprint density at radius 3 is 2.70 bits per heavy atom. The first kappa shape index (κ1) is 19.4. The molecule has 1 aliphatic rings. The number of rotatable bonds is 6. The Morgan fingerprint density at radius 2 is 1.96 bits per heavy atom. The number of carbonyl (C=O) groups is 1. The first-order valence-electron chi connectivity index (χ1n) is 9.70. The fourth-order valence-corrected chi connectivity index (χ4v) is 3.64. The highest BCUT2D eigenvalue weighted by atomic mass is 16.3. The van der Waals surface area contributed by atoms with Crippen molar-refractivity contribution in [3.8, 4) is 11.1 Å². The highest BCUT2D eigenvalue weighted by molar-refractivity contribution is 5.89. The Balaban J connectivity index is 1.45. The van der Waals surface area contributed by atoms with Gasteiger partial charge in [0.05, 0.1) is 0 Å². The molecule has 0 radical (unpaired) electrons. The predicted molar refractivity (Wildman–Crippen MR) is 110 cm³/mol. The van der Waals surface area contributed by atoms with Gasteiger partial charge in [0.1, 0.15) is 0 Å². The van der Waals surface area contributed by atoms with Gasteiger partial charge in [-0.15, -0.1) is 0 Å². The summed E-state index contributed by atoms with van der Waals surface area (Å²) in [5, 5.41) is 15.1. The van der Waals surface area contributed by atoms with Crippen LogP contribution in [0.25, 0.3) is 11.1 Å². The fraction of sp³-hybridized carbons (Fsp3) is 0.409. The van der Waals surface area contributed by atoms with Crippen LogP contribution in [0.1, 0.15) is 18.4 Å². The largest absolute Gasteiger partial charge is 0.396 e. The molecule has 3 rings (SSSR count). The van der Waals surface area contributed by atoms with Crippen molar-refractivity contribution in [3.05, 3.63) is 54.1 Å². The molecule has 1 atom stereocenters. The number of hydrogen-bond donors (Lipinski definition) is 3. The SMILES string of the molecule is Cc1ccccc1-c1ccc(NC(=O)NCCN2CCC[C@H](CO)C2)cc1. The van der Waals surface area contributed by atoms with Gasteiger partial charge in [0.2, 0.25) is 0 Å². The number of anilines is 1. The number of aliphatic hydroxyl groups is 1. The van der Waals surface area contributed by atoms with Gasteiger partial charge in [0.15, 0.2) is 0 Å². The molecule has 0 saturated carbocycles. The molecule has 2 aromatic carbocycles. The van der Waals surface area contributed by atoms with Crippen LogP contribution in [0.5, 0.6) is 0 Å². The van der Waals surface area contributed by atoms with Crippen LogP contribution in [0.3, 0.4) is 0 Å². The van der Waals surface area contributed by atoms with E-state index in [-0.39, 0.29) is 12.6 Å². The fourth-order valence-electron chi connectivity index (χ4n) is 3.64. The van der Waals surface area contributed by atoms with E-state index in [0.717, 1.165) is 43.7 Å². The van der Waals surface area contributed by atoms with Crippen molar-refractivity contribution in [2.75, 3.05) is 38.1 Å². The van der Waals surface area contributed by atoms with E-state index in [1.165, 1.54) is 11.1 Å². The van der Waals surface area contributed by atoms with Crippen molar-refractivity contribution in [2.45, 2.75) is 19.8 Å². The number of aliphatic hydroxyl groups excluding tert-OH is 1. The van der Waals surface area contributed by atoms with Crippen molar-refractivity contribution in [2.24, 2.45) is 5.92 Å². The third-order valence-corrected chi connectivity index (χ3v) is 5.17. The van der Waals surface area contributed by atoms with Crippen LogP contribution in [0.2, 0.25) is 0 Å². The Morgan fingerprint density at radius 1 is 1.19 bits per heavy atom. The lowest BCUT2D eigenvalue weighted by Gasteiger charge is -2.31. The van der Waals surface area contributed by atoms with E-state index < -0.39 is 0 Å². The summed E-state index contributed by atoms with van der Waals surface area (Å²) in [6.07, 6.45) is 2.21. The number of benzene rings is 2. The molecule has 27 heavy (non-hydrogen) atoms. The molecular formula is C22H29N3O2. The zero-order valence-corrected chi connectivity index (χ0v) is 15.9. The summed E-state index contributed by atoms with van der Waals surface area (Å²) in [6, 6.07) is 16.0. The zero-order valence-electron chi connectivity index (χ0n) is 15.9. The predicted octanol–water partition coefficient (Wildman–Crippen LogP) is 3.49. The summed E-state index contributed by atoms with van der Waals surface area (Å²) < 4.78 is 0. The Labute approximate surface area is 161 Å². The van der Waals surface area contributed by atoms with Gasteiger partial charge in [-0.25, -0.2) is 4.79 Å². The van der Waals surface area contributed by atoms with Crippen LogP contribution >= 0.6 is 0 Å². The van der Waals surface area contributed by atoms with Crippen molar-refractivity contribution >= 4 is 11.7 Å². The lowest BCUT2D eigenvalue weighted by molar-refractivity contribution is 0.121. The van der Waals surface area contributed by atoms with Crippen LogP contribution in [0.4, 0.5) is 10.5 Å².